The van der Waals surface area contributed by atoms with E-state index in [-0.39, 0.29) is 25.7 Å². The lowest BCUT2D eigenvalue weighted by Crippen LogP contribution is -2.47. The first-order valence-corrected chi connectivity index (χ1v) is 40.3. The molecule has 20 heteroatoms. The Morgan fingerprint density at radius 3 is 0.797 bits per heavy atom. The summed E-state index contributed by atoms with van der Waals surface area (Å²) < 4.78 is 185. The van der Waals surface area contributed by atoms with Gasteiger partial charge >= 0.3 is 48.6 Å². The first-order chi connectivity index (χ1) is 55.4. The second-order valence-corrected chi connectivity index (χ2v) is 33.2. The molecule has 0 aliphatic heterocycles. The second kappa shape index (κ2) is 33.9. The molecule has 0 radical (unpaired) electrons. The number of hydrogen-bond acceptors (Lipinski definition) is 8. The molecule has 2 fully saturated rings. The fourth-order valence-corrected chi connectivity index (χ4v) is 15.5. The minimum absolute atomic E-state index is 0.352. The van der Waals surface area contributed by atoms with Gasteiger partial charge in [0.05, 0.1) is 0 Å². The Labute approximate surface area is 679 Å². The van der Waals surface area contributed by atoms with Crippen LogP contribution >= 0.6 is 0 Å². The fourth-order valence-electron chi connectivity index (χ4n) is 15.5. The second-order valence-electron chi connectivity index (χ2n) is 33.2. The Morgan fingerprint density at radius 2 is 0.508 bits per heavy atom. The molecule has 2 aliphatic rings. The molecule has 8 nitrogen and oxygen atoms in total. The molecular weight excluding hydrogens is 1530 g/mol. The molecular formula is C98H100F12O8. The smallest absolute Gasteiger partial charge is 0.404 e. The summed E-state index contributed by atoms with van der Waals surface area (Å²) in [6.45, 7) is 15.8. The van der Waals surface area contributed by atoms with Crippen molar-refractivity contribution in [3.05, 3.63) is 241 Å². The highest BCUT2D eigenvalue weighted by molar-refractivity contribution is 6.02. The number of fused-ring (bicyclic) bond motifs is 8. The van der Waals surface area contributed by atoms with Gasteiger partial charge in [0.2, 0.25) is 0 Å². The Morgan fingerprint density at radius 1 is 0.271 bits per heavy atom. The number of esters is 4. The monoisotopic (exact) mass is 1630 g/mol. The molecule has 0 saturated heterocycles. The zero-order chi connectivity index (χ0) is 86.0. The highest BCUT2D eigenvalue weighted by atomic mass is 19.4. The lowest BCUT2D eigenvalue weighted by molar-refractivity contribution is -0.241. The van der Waals surface area contributed by atoms with Gasteiger partial charge < -0.3 is 18.9 Å². The average molecular weight is 1630 g/mol. The third-order valence-corrected chi connectivity index (χ3v) is 25.3. The molecule has 14 rings (SSSR count). The van der Waals surface area contributed by atoms with Gasteiger partial charge in [-0.25, -0.2) is 0 Å². The summed E-state index contributed by atoms with van der Waals surface area (Å²) in [7, 11) is 0. The predicted octanol–water partition coefficient (Wildman–Crippen LogP) is 28.8. The molecule has 0 heterocycles. The SMILES string of the molecule is CCC(C)(C(=O)OC(C)(C)c1ccc2cc3ccccc3cc2c1)C(F)(F)F.CCC(C)(C(=O)OC1(c2ccc3cc4ccccc4cc3c2)CCCC1)C(F)(F)F.CCC(C)(C(=O)OC1(c2ccc3cc4ccccc4cc3c2)CCCCC1)C(F)(F)F.CCC(C)(OC(=O)C(C)(CC)C(F)(F)F)c1ccc2cc3ccccc3cc2c1. The summed E-state index contributed by atoms with van der Waals surface area (Å²) in [5, 5.41) is 16.8. The number of benzene rings is 12. The van der Waals surface area contributed by atoms with Gasteiger partial charge in [-0.05, 0) is 313 Å². The van der Waals surface area contributed by atoms with Crippen molar-refractivity contribution in [1.29, 1.82) is 0 Å². The quantitative estimate of drug-likeness (QED) is 0.0384. The van der Waals surface area contributed by atoms with Crippen LogP contribution in [0.25, 0.3) is 86.2 Å². The molecule has 118 heavy (non-hydrogen) atoms. The topological polar surface area (TPSA) is 105 Å². The molecule has 0 amide bonds. The van der Waals surface area contributed by atoms with E-state index in [2.05, 4.69) is 42.5 Å². The zero-order valence-corrected chi connectivity index (χ0v) is 68.5. The van der Waals surface area contributed by atoms with E-state index >= 15 is 0 Å². The molecule has 0 aromatic heterocycles. The van der Waals surface area contributed by atoms with E-state index < -0.39 is 92.6 Å². The van der Waals surface area contributed by atoms with Crippen molar-refractivity contribution >= 4 is 110 Å². The van der Waals surface area contributed by atoms with Crippen LogP contribution < -0.4 is 0 Å². The van der Waals surface area contributed by atoms with Gasteiger partial charge in [-0.2, -0.15) is 52.7 Å². The van der Waals surface area contributed by atoms with Gasteiger partial charge in [0.1, 0.15) is 22.4 Å². The summed E-state index contributed by atoms with van der Waals surface area (Å²) in [5.41, 5.74) is -11.6. The van der Waals surface area contributed by atoms with E-state index in [0.29, 0.717) is 43.2 Å². The van der Waals surface area contributed by atoms with Crippen LogP contribution in [0.3, 0.4) is 0 Å². The maximum Gasteiger partial charge on any atom is 0.404 e. The van der Waals surface area contributed by atoms with Crippen molar-refractivity contribution in [2.45, 2.75) is 220 Å². The summed E-state index contributed by atoms with van der Waals surface area (Å²) in [4.78, 5) is 50.7. The normalized spacial score (nSPS) is 17.1. The summed E-state index contributed by atoms with van der Waals surface area (Å²) in [6.07, 6.45) is -13.3. The number of halogens is 12. The predicted molar refractivity (Wildman–Crippen MR) is 444 cm³/mol. The molecule has 5 unspecified atom stereocenters. The Bertz CT molecular complexity index is 5690. The number of rotatable bonds is 17. The van der Waals surface area contributed by atoms with Crippen molar-refractivity contribution in [3.63, 3.8) is 0 Å². The van der Waals surface area contributed by atoms with Gasteiger partial charge in [-0.3, -0.25) is 19.2 Å². The summed E-state index contributed by atoms with van der Waals surface area (Å²) >= 11 is 0. The van der Waals surface area contributed by atoms with Crippen LogP contribution in [-0.4, -0.2) is 48.6 Å². The maximum atomic E-state index is 13.7. The lowest BCUT2D eigenvalue weighted by atomic mass is 9.78. The van der Waals surface area contributed by atoms with E-state index in [1.807, 2.05) is 170 Å². The molecule has 5 atom stereocenters. The Hall–Kier alpha value is -10.2. The third kappa shape index (κ3) is 17.7. The van der Waals surface area contributed by atoms with Crippen molar-refractivity contribution in [2.75, 3.05) is 0 Å². The zero-order valence-electron chi connectivity index (χ0n) is 68.5. The van der Waals surface area contributed by atoms with Crippen LogP contribution in [0.2, 0.25) is 0 Å². The molecule has 624 valence electrons. The van der Waals surface area contributed by atoms with Gasteiger partial charge in [0.25, 0.3) is 0 Å². The van der Waals surface area contributed by atoms with E-state index in [9.17, 15) is 71.9 Å². The van der Waals surface area contributed by atoms with Crippen LogP contribution in [0.5, 0.6) is 0 Å². The van der Waals surface area contributed by atoms with Crippen molar-refractivity contribution in [1.82, 2.24) is 0 Å². The number of hydrogen-bond donors (Lipinski definition) is 0. The largest absolute Gasteiger partial charge is 0.454 e. The van der Waals surface area contributed by atoms with Crippen molar-refractivity contribution in [3.8, 4) is 0 Å². The minimum Gasteiger partial charge on any atom is -0.454 e. The first-order valence-electron chi connectivity index (χ1n) is 40.3. The van der Waals surface area contributed by atoms with Gasteiger partial charge in [0, 0.05) is 0 Å². The van der Waals surface area contributed by atoms with Gasteiger partial charge in [0.15, 0.2) is 21.7 Å². The number of carbonyl (C=O) groups is 4. The molecule has 0 spiro atoms. The number of carbonyl (C=O) groups excluding carboxylic acids is 4. The van der Waals surface area contributed by atoms with E-state index in [1.54, 1.807) is 33.8 Å². The van der Waals surface area contributed by atoms with Crippen LogP contribution in [0.15, 0.2) is 218 Å². The standard InChI is InChI=1S/C26H27F3O2.C25H25F3O2.C24H25F3O2.C23H23F3O2/c1-3-24(2,26(27,28)29)23(30)31-25(13-7-4-8-14-25)22-12-11-20-15-18-9-5-6-10-19(18)16-21(20)17-22;1-3-23(2,25(26,27)28)22(29)30-24(12-6-7-13-24)21-11-10-19-14-17-8-4-5-9-18(17)15-20(19)16-21;1-5-22(3,24(25,26)27)21(28)29-23(4,6-2)20-12-11-18-13-16-9-7-8-10-17(16)14-19(18)15-20;1-5-22(4,23(24,25)26)20(27)28-21(2,3)19-11-10-17-12-15-8-6-7-9-16(15)13-18(17)14-19/h5-6,9-12,15-17H,3-4,7-8,13-14H2,1-2H3;4-5,8-11,14-16H,3,6-7,12-13H2,1-2H3;7-15H,5-6H2,1-4H3;6-14H,5H2,1-4H3. The van der Waals surface area contributed by atoms with Gasteiger partial charge in [-0.15, -0.1) is 0 Å². The van der Waals surface area contributed by atoms with Gasteiger partial charge in [-0.1, -0.05) is 187 Å². The average Bonchev–Trinajstić information content (AvgIpc) is 1.00. The molecule has 0 bridgehead atoms. The minimum atomic E-state index is -4.67. The molecule has 0 N–H and O–H groups in total. The van der Waals surface area contributed by atoms with Crippen molar-refractivity contribution < 1.29 is 90.8 Å². The lowest BCUT2D eigenvalue weighted by Gasteiger charge is -2.40. The fraction of sp³-hybridized carbons (Fsp3) is 0.388. The van der Waals surface area contributed by atoms with E-state index in [1.165, 1.54) is 27.7 Å². The van der Waals surface area contributed by atoms with Crippen LogP contribution in [0, 0.1) is 21.7 Å². The van der Waals surface area contributed by atoms with Crippen LogP contribution in [0.4, 0.5) is 52.7 Å². The molecule has 12 aromatic carbocycles. The van der Waals surface area contributed by atoms with Crippen LogP contribution in [0.1, 0.15) is 195 Å². The summed E-state index contributed by atoms with van der Waals surface area (Å²) in [6, 6.07) is 71.5. The first kappa shape index (κ1) is 88.6. The molecule has 12 aromatic rings. The van der Waals surface area contributed by atoms with Crippen LogP contribution in [-0.2, 0) is 60.5 Å². The number of alkyl halides is 12. The molecule has 2 saturated carbocycles. The van der Waals surface area contributed by atoms with E-state index in [0.717, 1.165) is 157 Å². The summed E-state index contributed by atoms with van der Waals surface area (Å²) in [5.74, 6) is -4.86. The maximum absolute atomic E-state index is 13.7. The Balaban J connectivity index is 0.000000154. The van der Waals surface area contributed by atoms with E-state index in [4.69, 9.17) is 18.9 Å². The number of ether oxygens (including phenoxy) is 4. The van der Waals surface area contributed by atoms with Crippen molar-refractivity contribution in [2.24, 2.45) is 21.7 Å². The Kier molecular flexibility index (Phi) is 25.4. The third-order valence-electron chi connectivity index (χ3n) is 25.3. The highest BCUT2D eigenvalue weighted by Gasteiger charge is 2.62. The highest BCUT2D eigenvalue weighted by Crippen LogP contribution is 2.52. The molecule has 2 aliphatic carbocycles.